The zero-order valence-corrected chi connectivity index (χ0v) is 18.3. The number of primary amides is 1. The smallest absolute Gasteiger partial charge is 0.247 e. The number of nitrogens with two attached hydrogens (primary N) is 1. The fourth-order valence-corrected chi connectivity index (χ4v) is 3.88. The number of anilines is 2. The number of H-pyrrole nitrogens is 1. The van der Waals surface area contributed by atoms with Gasteiger partial charge in [-0.1, -0.05) is 0 Å². The number of ether oxygens (including phenoxy) is 1. The number of hydrogen-bond acceptors (Lipinski definition) is 5. The molecule has 2 aromatic carbocycles. The lowest BCUT2D eigenvalue weighted by atomic mass is 10.0. The first-order valence-electron chi connectivity index (χ1n) is 10.6. The van der Waals surface area contributed by atoms with Crippen molar-refractivity contribution in [2.24, 2.45) is 11.1 Å². The number of benzene rings is 2. The van der Waals surface area contributed by atoms with E-state index in [4.69, 9.17) is 10.5 Å². The van der Waals surface area contributed by atoms with Crippen LogP contribution >= 0.6 is 0 Å². The maximum Gasteiger partial charge on any atom is 0.247 e. The number of halogens is 3. The third-order valence-electron chi connectivity index (χ3n) is 5.98. The van der Waals surface area contributed by atoms with Gasteiger partial charge in [-0.25, -0.2) is 18.2 Å². The fourth-order valence-electron chi connectivity index (χ4n) is 3.88. The molecule has 1 aliphatic carbocycles. The summed E-state index contributed by atoms with van der Waals surface area (Å²) in [5, 5.41) is 6.86. The molecule has 4 aromatic rings. The minimum Gasteiger partial charge on any atom is -0.450 e. The molecule has 1 saturated carbocycles. The van der Waals surface area contributed by atoms with E-state index in [0.717, 1.165) is 29.3 Å². The lowest BCUT2D eigenvalue weighted by Gasteiger charge is -2.26. The number of hydrogen-bond donors (Lipinski definition) is 2. The Morgan fingerprint density at radius 3 is 2.37 bits per heavy atom. The normalized spacial score (nSPS) is 14.1. The van der Waals surface area contributed by atoms with E-state index in [1.54, 1.807) is 6.92 Å². The van der Waals surface area contributed by atoms with Crippen molar-refractivity contribution in [1.82, 2.24) is 15.2 Å². The van der Waals surface area contributed by atoms with Crippen LogP contribution < -0.4 is 15.4 Å². The third-order valence-corrected chi connectivity index (χ3v) is 5.98. The third kappa shape index (κ3) is 3.74. The van der Waals surface area contributed by atoms with Crippen molar-refractivity contribution in [2.45, 2.75) is 19.8 Å². The zero-order valence-electron chi connectivity index (χ0n) is 18.3. The maximum absolute atomic E-state index is 15.2. The Morgan fingerprint density at radius 1 is 1.06 bits per heavy atom. The monoisotopic (exact) mass is 481 g/mol. The minimum absolute atomic E-state index is 0.0545. The average Bonchev–Trinajstić information content (AvgIpc) is 3.57. The van der Waals surface area contributed by atoms with Crippen LogP contribution in [0, 0.1) is 29.8 Å². The van der Waals surface area contributed by atoms with E-state index in [2.05, 4.69) is 15.2 Å². The van der Waals surface area contributed by atoms with E-state index in [0.29, 0.717) is 5.69 Å². The number of rotatable bonds is 6. The molecule has 0 unspecified atom stereocenters. The summed E-state index contributed by atoms with van der Waals surface area (Å²) in [6.45, 7) is 1.62. The van der Waals surface area contributed by atoms with Gasteiger partial charge in [0.2, 0.25) is 11.8 Å². The summed E-state index contributed by atoms with van der Waals surface area (Å²) in [6, 6.07) is 8.53. The Labute approximate surface area is 196 Å². The van der Waals surface area contributed by atoms with Crippen LogP contribution in [0.25, 0.3) is 11.0 Å². The van der Waals surface area contributed by atoms with E-state index in [9.17, 15) is 18.4 Å². The van der Waals surface area contributed by atoms with Crippen LogP contribution in [0.3, 0.4) is 0 Å². The predicted molar refractivity (Wildman–Crippen MR) is 119 cm³/mol. The largest absolute Gasteiger partial charge is 0.450 e. The number of aromatic nitrogens is 3. The standard InChI is InChI=1S/C24H18F3N5O3/c1-12-19-20(17(27)11-29-21(19)31-30-12)35-18-7-6-15(10-16(18)26)32(14-4-2-13(25)3-5-14)23(34)24(8-9-24)22(28)33/h2-7,10-11H,8-9H2,1H3,(H2,28,33)(H,29,30,31). The van der Waals surface area contributed by atoms with Gasteiger partial charge in [0.25, 0.3) is 0 Å². The summed E-state index contributed by atoms with van der Waals surface area (Å²) in [5.41, 5.74) is 5.00. The first-order valence-corrected chi connectivity index (χ1v) is 10.6. The molecule has 0 saturated heterocycles. The number of carbonyl (C=O) groups is 2. The first kappa shape index (κ1) is 22.4. The molecular weight excluding hydrogens is 463 g/mol. The summed E-state index contributed by atoms with van der Waals surface area (Å²) in [4.78, 5) is 30.3. The maximum atomic E-state index is 15.2. The fraction of sp³-hybridized carbons (Fsp3) is 0.167. The lowest BCUT2D eigenvalue weighted by Crippen LogP contribution is -2.41. The summed E-state index contributed by atoms with van der Waals surface area (Å²) in [7, 11) is 0. The number of fused-ring (bicyclic) bond motifs is 1. The highest BCUT2D eigenvalue weighted by Gasteiger charge is 2.57. The van der Waals surface area contributed by atoms with Crippen LogP contribution in [0.4, 0.5) is 24.5 Å². The van der Waals surface area contributed by atoms with Crippen LogP contribution in [0.15, 0.2) is 48.7 Å². The molecule has 3 N–H and O–H groups in total. The first-order chi connectivity index (χ1) is 16.7. The highest BCUT2D eigenvalue weighted by Crippen LogP contribution is 2.49. The van der Waals surface area contributed by atoms with Crippen LogP contribution in [-0.2, 0) is 9.59 Å². The number of amides is 2. The topological polar surface area (TPSA) is 114 Å². The molecule has 0 bridgehead atoms. The van der Waals surface area contributed by atoms with Gasteiger partial charge in [-0.2, -0.15) is 5.10 Å². The van der Waals surface area contributed by atoms with E-state index < -0.39 is 34.7 Å². The number of nitrogens with zero attached hydrogens (tertiary/aromatic N) is 3. The molecule has 2 aromatic heterocycles. The van der Waals surface area contributed by atoms with Crippen LogP contribution in [0.2, 0.25) is 0 Å². The highest BCUT2D eigenvalue weighted by molar-refractivity contribution is 6.16. The van der Waals surface area contributed by atoms with E-state index >= 15 is 4.39 Å². The van der Waals surface area contributed by atoms with E-state index in [1.165, 1.54) is 24.3 Å². The second-order valence-corrected chi connectivity index (χ2v) is 8.25. The number of nitrogens with one attached hydrogen (secondary N) is 1. The number of carbonyl (C=O) groups excluding carboxylic acids is 2. The summed E-state index contributed by atoms with van der Waals surface area (Å²) >= 11 is 0. The SMILES string of the molecule is Cc1n[nH]c2ncc(F)c(Oc3ccc(N(C(=O)C4(C(N)=O)CC4)c4ccc(F)cc4)cc3F)c12. The molecule has 0 radical (unpaired) electrons. The van der Waals surface area contributed by atoms with Crippen LogP contribution in [0.5, 0.6) is 11.5 Å². The van der Waals surface area contributed by atoms with Crippen molar-refractivity contribution in [3.8, 4) is 11.5 Å². The quantitative estimate of drug-likeness (QED) is 0.396. The van der Waals surface area contributed by atoms with Crippen molar-refractivity contribution >= 4 is 34.2 Å². The van der Waals surface area contributed by atoms with Gasteiger partial charge in [0.1, 0.15) is 11.2 Å². The molecule has 5 rings (SSSR count). The Hall–Kier alpha value is -4.41. The van der Waals surface area contributed by atoms with Gasteiger partial charge in [0.05, 0.1) is 23.0 Å². The summed E-state index contributed by atoms with van der Waals surface area (Å²) in [6.07, 6.45) is 1.43. The van der Waals surface area contributed by atoms with Gasteiger partial charge >= 0.3 is 0 Å². The second-order valence-electron chi connectivity index (χ2n) is 8.25. The molecule has 0 aliphatic heterocycles. The second kappa shape index (κ2) is 8.12. The highest BCUT2D eigenvalue weighted by atomic mass is 19.1. The summed E-state index contributed by atoms with van der Waals surface area (Å²) < 4.78 is 48.7. The van der Waals surface area contributed by atoms with Gasteiger partial charge in [-0.05, 0) is 56.2 Å². The minimum atomic E-state index is -1.41. The average molecular weight is 481 g/mol. The number of pyridine rings is 1. The molecule has 178 valence electrons. The Kier molecular flexibility index (Phi) is 5.19. The molecular formula is C24H18F3N5O3. The van der Waals surface area contributed by atoms with Gasteiger partial charge in [0, 0.05) is 11.8 Å². The van der Waals surface area contributed by atoms with Crippen LogP contribution in [-0.4, -0.2) is 27.0 Å². The van der Waals surface area contributed by atoms with Crippen molar-refractivity contribution in [2.75, 3.05) is 4.90 Å². The molecule has 1 aliphatic rings. The van der Waals surface area contributed by atoms with Crippen molar-refractivity contribution in [3.63, 3.8) is 0 Å². The van der Waals surface area contributed by atoms with Crippen LogP contribution in [0.1, 0.15) is 18.5 Å². The lowest BCUT2D eigenvalue weighted by molar-refractivity contribution is -0.133. The van der Waals surface area contributed by atoms with Gasteiger partial charge in [0.15, 0.2) is 28.8 Å². The molecule has 1 fully saturated rings. The van der Waals surface area contributed by atoms with E-state index in [1.807, 2.05) is 0 Å². The molecule has 0 spiro atoms. The van der Waals surface area contributed by atoms with E-state index in [-0.39, 0.29) is 46.7 Å². The molecule has 2 amide bonds. The molecule has 0 atom stereocenters. The van der Waals surface area contributed by atoms with Gasteiger partial charge in [-0.15, -0.1) is 0 Å². The predicted octanol–water partition coefficient (Wildman–Crippen LogP) is 4.41. The summed E-state index contributed by atoms with van der Waals surface area (Å²) in [5.74, 6) is -4.27. The van der Waals surface area contributed by atoms with Crippen molar-refractivity contribution in [3.05, 3.63) is 71.8 Å². The Bertz CT molecular complexity index is 1480. The Balaban J connectivity index is 1.55. The Morgan fingerprint density at radius 2 is 1.74 bits per heavy atom. The van der Waals surface area contributed by atoms with Gasteiger partial charge < -0.3 is 10.5 Å². The number of aromatic amines is 1. The molecule has 11 heteroatoms. The molecule has 8 nitrogen and oxygen atoms in total. The van der Waals surface area contributed by atoms with Crippen molar-refractivity contribution in [1.29, 1.82) is 0 Å². The number of aryl methyl sites for hydroxylation is 1. The molecule has 2 heterocycles. The molecule has 35 heavy (non-hydrogen) atoms. The van der Waals surface area contributed by atoms with Crippen molar-refractivity contribution < 1.29 is 27.5 Å². The van der Waals surface area contributed by atoms with Gasteiger partial charge in [-0.3, -0.25) is 19.6 Å². The zero-order chi connectivity index (χ0) is 24.9.